The Morgan fingerprint density at radius 3 is 2.90 bits per heavy atom. The summed E-state index contributed by atoms with van der Waals surface area (Å²) in [4.78, 5) is 0. The molecule has 1 aliphatic heterocycles. The van der Waals surface area contributed by atoms with E-state index >= 15 is 0 Å². The number of hydrogen-bond acceptors (Lipinski definition) is 3. The van der Waals surface area contributed by atoms with Crippen molar-refractivity contribution in [3.63, 3.8) is 0 Å². The molecule has 112 valence electrons. The molecular formula is C17H27NO2. The smallest absolute Gasteiger partial charge is 0.0713 e. The first kappa shape index (κ1) is 15.5. The van der Waals surface area contributed by atoms with Crippen molar-refractivity contribution in [3.05, 3.63) is 35.4 Å². The summed E-state index contributed by atoms with van der Waals surface area (Å²) in [5, 5.41) is 3.67. The second kappa shape index (κ2) is 7.77. The Kier molecular flexibility index (Phi) is 6.02. The minimum Gasteiger partial charge on any atom is -0.380 e. The van der Waals surface area contributed by atoms with Crippen molar-refractivity contribution in [1.29, 1.82) is 0 Å². The molecular weight excluding hydrogens is 250 g/mol. The van der Waals surface area contributed by atoms with Crippen LogP contribution in [0.3, 0.4) is 0 Å². The molecule has 0 aromatic heterocycles. The van der Waals surface area contributed by atoms with Crippen LogP contribution < -0.4 is 5.32 Å². The van der Waals surface area contributed by atoms with Gasteiger partial charge in [0.25, 0.3) is 0 Å². The van der Waals surface area contributed by atoms with E-state index in [9.17, 15) is 0 Å². The maximum atomic E-state index is 5.82. The Bertz CT molecular complexity index is 406. The lowest BCUT2D eigenvalue weighted by atomic mass is 9.95. The average Bonchev–Trinajstić information content (AvgIpc) is 2.46. The van der Waals surface area contributed by atoms with Crippen molar-refractivity contribution < 1.29 is 9.47 Å². The summed E-state index contributed by atoms with van der Waals surface area (Å²) in [6.45, 7) is 6.96. The largest absolute Gasteiger partial charge is 0.380 e. The van der Waals surface area contributed by atoms with Crippen molar-refractivity contribution >= 4 is 0 Å². The van der Waals surface area contributed by atoms with Gasteiger partial charge < -0.3 is 14.8 Å². The fourth-order valence-corrected chi connectivity index (χ4v) is 2.74. The summed E-state index contributed by atoms with van der Waals surface area (Å²) >= 11 is 0. The Morgan fingerprint density at radius 1 is 1.35 bits per heavy atom. The van der Waals surface area contributed by atoms with Crippen LogP contribution in [0.4, 0.5) is 0 Å². The molecule has 0 spiro atoms. The molecule has 3 heteroatoms. The van der Waals surface area contributed by atoms with Gasteiger partial charge in [-0.3, -0.25) is 0 Å². The lowest BCUT2D eigenvalue weighted by molar-refractivity contribution is -0.0245. The highest BCUT2D eigenvalue weighted by Gasteiger charge is 2.24. The van der Waals surface area contributed by atoms with E-state index in [1.54, 1.807) is 7.11 Å². The maximum Gasteiger partial charge on any atom is 0.0713 e. The van der Waals surface area contributed by atoms with Crippen molar-refractivity contribution in [3.8, 4) is 0 Å². The van der Waals surface area contributed by atoms with Gasteiger partial charge in [-0.2, -0.15) is 0 Å². The van der Waals surface area contributed by atoms with Crippen molar-refractivity contribution in [2.24, 2.45) is 5.92 Å². The topological polar surface area (TPSA) is 30.5 Å². The molecule has 1 fully saturated rings. The molecule has 0 radical (unpaired) electrons. The van der Waals surface area contributed by atoms with Gasteiger partial charge in [-0.15, -0.1) is 0 Å². The zero-order chi connectivity index (χ0) is 14.4. The molecule has 2 atom stereocenters. The van der Waals surface area contributed by atoms with Crippen LogP contribution in [0.5, 0.6) is 0 Å². The zero-order valence-corrected chi connectivity index (χ0v) is 12.9. The van der Waals surface area contributed by atoms with Crippen LogP contribution in [0, 0.1) is 5.92 Å². The van der Waals surface area contributed by atoms with E-state index in [0.717, 1.165) is 26.0 Å². The minimum atomic E-state index is 0.404. The van der Waals surface area contributed by atoms with Gasteiger partial charge in [0.15, 0.2) is 0 Å². The van der Waals surface area contributed by atoms with E-state index in [0.29, 0.717) is 24.7 Å². The van der Waals surface area contributed by atoms with Crippen LogP contribution in [0.1, 0.15) is 37.8 Å². The summed E-state index contributed by atoms with van der Waals surface area (Å²) < 4.78 is 11.0. The first-order valence-corrected chi connectivity index (χ1v) is 7.60. The number of rotatable bonds is 6. The third-order valence-corrected chi connectivity index (χ3v) is 3.96. The summed E-state index contributed by atoms with van der Waals surface area (Å²) in [5.41, 5.74) is 2.56. The third-order valence-electron chi connectivity index (χ3n) is 3.96. The van der Waals surface area contributed by atoms with E-state index in [2.05, 4.69) is 43.4 Å². The predicted octanol–water partition coefficient (Wildman–Crippen LogP) is 3.13. The Morgan fingerprint density at radius 2 is 2.15 bits per heavy atom. The van der Waals surface area contributed by atoms with Gasteiger partial charge >= 0.3 is 0 Å². The number of benzene rings is 1. The van der Waals surface area contributed by atoms with Gasteiger partial charge in [-0.1, -0.05) is 38.1 Å². The molecule has 3 nitrogen and oxygen atoms in total. The molecule has 1 aromatic rings. The van der Waals surface area contributed by atoms with Crippen LogP contribution >= 0.6 is 0 Å². The molecule has 1 heterocycles. The number of methoxy groups -OCH3 is 1. The average molecular weight is 277 g/mol. The first-order valence-electron chi connectivity index (χ1n) is 7.60. The molecule has 20 heavy (non-hydrogen) atoms. The summed E-state index contributed by atoms with van der Waals surface area (Å²) in [7, 11) is 1.74. The van der Waals surface area contributed by atoms with Gasteiger partial charge in [0.1, 0.15) is 0 Å². The van der Waals surface area contributed by atoms with Gasteiger partial charge in [-0.05, 0) is 29.9 Å². The second-order valence-electron chi connectivity index (χ2n) is 6.01. The van der Waals surface area contributed by atoms with Gasteiger partial charge in [0, 0.05) is 26.3 Å². The maximum absolute atomic E-state index is 5.82. The molecule has 0 amide bonds. The third kappa shape index (κ3) is 4.58. The highest BCUT2D eigenvalue weighted by atomic mass is 16.5. The summed E-state index contributed by atoms with van der Waals surface area (Å²) in [6.07, 6.45) is 2.64. The fourth-order valence-electron chi connectivity index (χ4n) is 2.74. The number of nitrogens with one attached hydrogen (secondary N) is 1. The Balaban J connectivity index is 1.83. The zero-order valence-electron chi connectivity index (χ0n) is 12.9. The van der Waals surface area contributed by atoms with Crippen molar-refractivity contribution in [2.75, 3.05) is 13.7 Å². The molecule has 2 rings (SSSR count). The van der Waals surface area contributed by atoms with Gasteiger partial charge in [-0.25, -0.2) is 0 Å². The molecule has 0 aliphatic carbocycles. The first-order chi connectivity index (χ1) is 9.69. The highest BCUT2D eigenvalue weighted by Crippen LogP contribution is 2.20. The monoisotopic (exact) mass is 277 g/mol. The van der Waals surface area contributed by atoms with E-state index in [1.165, 1.54) is 11.1 Å². The molecule has 1 N–H and O–H groups in total. The SMILES string of the molecule is COCc1cccc(CNC2CCOC(C(C)C)C2)c1. The lowest BCUT2D eigenvalue weighted by Gasteiger charge is -2.32. The van der Waals surface area contributed by atoms with E-state index in [-0.39, 0.29) is 0 Å². The quantitative estimate of drug-likeness (QED) is 0.866. The van der Waals surface area contributed by atoms with E-state index in [4.69, 9.17) is 9.47 Å². The van der Waals surface area contributed by atoms with E-state index in [1.807, 2.05) is 0 Å². The van der Waals surface area contributed by atoms with Crippen LogP contribution in [0.25, 0.3) is 0 Å². The van der Waals surface area contributed by atoms with Crippen LogP contribution in [-0.4, -0.2) is 25.9 Å². The Hall–Kier alpha value is -0.900. The highest BCUT2D eigenvalue weighted by molar-refractivity contribution is 5.22. The lowest BCUT2D eigenvalue weighted by Crippen LogP contribution is -2.40. The van der Waals surface area contributed by atoms with Crippen molar-refractivity contribution in [2.45, 2.75) is 52.0 Å². The molecule has 1 aromatic carbocycles. The summed E-state index contributed by atoms with van der Waals surface area (Å²) in [5.74, 6) is 0.602. The second-order valence-corrected chi connectivity index (χ2v) is 6.01. The fraction of sp³-hybridized carbons (Fsp3) is 0.647. The van der Waals surface area contributed by atoms with Gasteiger partial charge in [0.2, 0.25) is 0 Å². The van der Waals surface area contributed by atoms with Crippen LogP contribution in [-0.2, 0) is 22.6 Å². The number of hydrogen-bond donors (Lipinski definition) is 1. The molecule has 0 bridgehead atoms. The molecule has 1 aliphatic rings. The van der Waals surface area contributed by atoms with E-state index < -0.39 is 0 Å². The normalized spacial score (nSPS) is 23.2. The number of ether oxygens (including phenoxy) is 2. The minimum absolute atomic E-state index is 0.404. The molecule has 1 saturated heterocycles. The van der Waals surface area contributed by atoms with Crippen LogP contribution in [0.15, 0.2) is 24.3 Å². The summed E-state index contributed by atoms with van der Waals surface area (Å²) in [6, 6.07) is 9.17. The van der Waals surface area contributed by atoms with Crippen molar-refractivity contribution in [1.82, 2.24) is 5.32 Å². The Labute approximate surface area is 122 Å². The molecule has 0 saturated carbocycles. The van der Waals surface area contributed by atoms with Crippen LogP contribution in [0.2, 0.25) is 0 Å². The molecule has 2 unspecified atom stereocenters. The van der Waals surface area contributed by atoms with Gasteiger partial charge in [0.05, 0.1) is 12.7 Å². The predicted molar refractivity (Wildman–Crippen MR) is 81.6 cm³/mol. The standard InChI is InChI=1S/C17H27NO2/c1-13(2)17-10-16(7-8-20-17)18-11-14-5-4-6-15(9-14)12-19-3/h4-6,9,13,16-18H,7-8,10-12H2,1-3H3.